The molecule has 3 amide bonds. The van der Waals surface area contributed by atoms with Gasteiger partial charge in [-0.1, -0.05) is 18.9 Å². The summed E-state index contributed by atoms with van der Waals surface area (Å²) in [6.45, 7) is 2.34. The Morgan fingerprint density at radius 1 is 1.18 bits per heavy atom. The molecule has 0 bridgehead atoms. The molecule has 1 aromatic carbocycles. The number of benzene rings is 1. The fourth-order valence-electron chi connectivity index (χ4n) is 4.47. The summed E-state index contributed by atoms with van der Waals surface area (Å²) >= 11 is 1.50. The summed E-state index contributed by atoms with van der Waals surface area (Å²) in [6.07, 6.45) is 5.94. The number of anilines is 1. The highest BCUT2D eigenvalue weighted by molar-refractivity contribution is 7.15. The lowest BCUT2D eigenvalue weighted by atomic mass is 10.1. The molecule has 1 aliphatic carbocycles. The maximum Gasteiger partial charge on any atom is 0.321 e. The van der Waals surface area contributed by atoms with E-state index in [1.165, 1.54) is 24.2 Å². The van der Waals surface area contributed by atoms with Crippen LogP contribution in [0.4, 0.5) is 9.93 Å². The summed E-state index contributed by atoms with van der Waals surface area (Å²) in [5.41, 5.74) is 2.09. The van der Waals surface area contributed by atoms with Gasteiger partial charge in [0.1, 0.15) is 0 Å². The van der Waals surface area contributed by atoms with Crippen LogP contribution in [-0.2, 0) is 24.2 Å². The maximum absolute atomic E-state index is 12.5. The smallest absolute Gasteiger partial charge is 0.321 e. The van der Waals surface area contributed by atoms with Crippen molar-refractivity contribution in [2.75, 3.05) is 39.2 Å². The van der Waals surface area contributed by atoms with Gasteiger partial charge >= 0.3 is 6.03 Å². The van der Waals surface area contributed by atoms with Crippen molar-refractivity contribution in [3.8, 4) is 11.5 Å². The molecule has 0 spiro atoms. The van der Waals surface area contributed by atoms with Crippen LogP contribution in [0.25, 0.3) is 0 Å². The highest BCUT2D eigenvalue weighted by Crippen LogP contribution is 2.29. The van der Waals surface area contributed by atoms with Crippen LogP contribution in [0, 0.1) is 0 Å². The highest BCUT2D eigenvalue weighted by Gasteiger charge is 2.23. The molecule has 1 aromatic heterocycles. The second kappa shape index (κ2) is 11.5. The molecule has 34 heavy (non-hydrogen) atoms. The standard InChI is InChI=1S/C24H33N5O4S/c1-32-19-8-7-16(13-20(19)33-2)9-11-25-22(30)15-29-12-10-18-21(14-29)34-24(27-18)28-23(31)26-17-5-3-4-6-17/h7-8,13,17H,3-6,9-12,14-15H2,1-2H3,(H,25,30)(H2,26,27,28,31). The third-order valence-electron chi connectivity index (χ3n) is 6.27. The molecule has 1 saturated carbocycles. The Balaban J connectivity index is 1.21. The number of thiazole rings is 1. The number of carbonyl (C=O) groups excluding carboxylic acids is 2. The van der Waals surface area contributed by atoms with Crippen molar-refractivity contribution in [1.82, 2.24) is 20.5 Å². The number of ether oxygens (including phenoxy) is 2. The molecule has 4 rings (SSSR count). The SMILES string of the molecule is COc1ccc(CCNC(=O)CN2CCc3nc(NC(=O)NC4CCCC4)sc3C2)cc1OC. The van der Waals surface area contributed by atoms with Crippen molar-refractivity contribution in [3.05, 3.63) is 34.3 Å². The number of rotatable bonds is 9. The van der Waals surface area contributed by atoms with Gasteiger partial charge in [-0.3, -0.25) is 15.0 Å². The molecule has 1 aliphatic heterocycles. The van der Waals surface area contributed by atoms with Crippen LogP contribution in [0.5, 0.6) is 11.5 Å². The third-order valence-corrected chi connectivity index (χ3v) is 7.27. The highest BCUT2D eigenvalue weighted by atomic mass is 32.1. The maximum atomic E-state index is 12.5. The second-order valence-electron chi connectivity index (χ2n) is 8.72. The normalized spacial score (nSPS) is 16.1. The molecule has 0 atom stereocenters. The average Bonchev–Trinajstić information content (AvgIpc) is 3.47. The second-order valence-corrected chi connectivity index (χ2v) is 9.80. The van der Waals surface area contributed by atoms with Gasteiger partial charge in [-0.25, -0.2) is 9.78 Å². The molecular formula is C24H33N5O4S. The lowest BCUT2D eigenvalue weighted by Gasteiger charge is -2.25. The van der Waals surface area contributed by atoms with Gasteiger partial charge in [0.25, 0.3) is 0 Å². The number of fused-ring (bicyclic) bond motifs is 1. The Hall–Kier alpha value is -2.85. The Labute approximate surface area is 204 Å². The van der Waals surface area contributed by atoms with E-state index in [0.717, 1.165) is 41.9 Å². The van der Waals surface area contributed by atoms with Crippen molar-refractivity contribution in [2.24, 2.45) is 0 Å². The minimum Gasteiger partial charge on any atom is -0.493 e. The van der Waals surface area contributed by atoms with Gasteiger partial charge < -0.3 is 20.1 Å². The van der Waals surface area contributed by atoms with Gasteiger partial charge in [-0.2, -0.15) is 0 Å². The molecule has 2 heterocycles. The van der Waals surface area contributed by atoms with E-state index < -0.39 is 0 Å². The molecule has 184 valence electrons. The van der Waals surface area contributed by atoms with Gasteiger partial charge in [-0.15, -0.1) is 11.3 Å². The van der Waals surface area contributed by atoms with E-state index in [1.54, 1.807) is 14.2 Å². The summed E-state index contributed by atoms with van der Waals surface area (Å²) in [5.74, 6) is 1.38. The lowest BCUT2D eigenvalue weighted by Crippen LogP contribution is -2.40. The zero-order valence-electron chi connectivity index (χ0n) is 19.8. The first-order chi connectivity index (χ1) is 16.5. The van der Waals surface area contributed by atoms with Crippen LogP contribution in [0.2, 0.25) is 0 Å². The lowest BCUT2D eigenvalue weighted by molar-refractivity contribution is -0.122. The number of methoxy groups -OCH3 is 2. The van der Waals surface area contributed by atoms with E-state index in [0.29, 0.717) is 42.7 Å². The molecule has 9 nitrogen and oxygen atoms in total. The van der Waals surface area contributed by atoms with E-state index >= 15 is 0 Å². The molecule has 0 saturated heterocycles. The van der Waals surface area contributed by atoms with Crippen LogP contribution < -0.4 is 25.4 Å². The van der Waals surface area contributed by atoms with Crippen LogP contribution in [0.3, 0.4) is 0 Å². The summed E-state index contributed by atoms with van der Waals surface area (Å²) in [7, 11) is 3.22. The van der Waals surface area contributed by atoms with Crippen LogP contribution in [0.15, 0.2) is 18.2 Å². The number of hydrogen-bond acceptors (Lipinski definition) is 7. The van der Waals surface area contributed by atoms with Gasteiger partial charge in [-0.05, 0) is 37.0 Å². The molecule has 10 heteroatoms. The largest absolute Gasteiger partial charge is 0.493 e. The molecule has 0 radical (unpaired) electrons. The summed E-state index contributed by atoms with van der Waals surface area (Å²) in [4.78, 5) is 32.5. The van der Waals surface area contributed by atoms with Gasteiger partial charge in [0.05, 0.1) is 26.5 Å². The summed E-state index contributed by atoms with van der Waals surface area (Å²) < 4.78 is 10.6. The van der Waals surface area contributed by atoms with Crippen LogP contribution >= 0.6 is 11.3 Å². The number of nitrogens with one attached hydrogen (secondary N) is 3. The predicted octanol–water partition coefficient (Wildman–Crippen LogP) is 2.94. The minimum atomic E-state index is -0.177. The van der Waals surface area contributed by atoms with Crippen molar-refractivity contribution in [3.63, 3.8) is 0 Å². The van der Waals surface area contributed by atoms with Gasteiger partial charge in [0, 0.05) is 37.0 Å². The zero-order chi connectivity index (χ0) is 23.9. The number of aromatic nitrogens is 1. The fourth-order valence-corrected chi connectivity index (χ4v) is 5.51. The fraction of sp³-hybridized carbons (Fsp3) is 0.542. The number of nitrogens with zero attached hydrogens (tertiary/aromatic N) is 2. The average molecular weight is 488 g/mol. The number of amides is 3. The molecule has 0 unspecified atom stereocenters. The molecular weight excluding hydrogens is 454 g/mol. The minimum absolute atomic E-state index is 0.00253. The van der Waals surface area contributed by atoms with Gasteiger partial charge in [0.15, 0.2) is 16.6 Å². The monoisotopic (exact) mass is 487 g/mol. The summed E-state index contributed by atoms with van der Waals surface area (Å²) in [5, 5.41) is 9.54. The Kier molecular flexibility index (Phi) is 8.23. The van der Waals surface area contributed by atoms with Crippen molar-refractivity contribution in [2.45, 2.75) is 51.1 Å². The zero-order valence-corrected chi connectivity index (χ0v) is 20.6. The first-order valence-corrected chi connectivity index (χ1v) is 12.6. The number of urea groups is 1. The molecule has 3 N–H and O–H groups in total. The van der Waals surface area contributed by atoms with Crippen molar-refractivity contribution >= 4 is 28.4 Å². The topological polar surface area (TPSA) is 105 Å². The Morgan fingerprint density at radius 3 is 2.74 bits per heavy atom. The number of carbonyl (C=O) groups is 2. The summed E-state index contributed by atoms with van der Waals surface area (Å²) in [6, 6.07) is 5.88. The molecule has 2 aromatic rings. The van der Waals surface area contributed by atoms with Crippen molar-refractivity contribution < 1.29 is 19.1 Å². The first-order valence-electron chi connectivity index (χ1n) is 11.8. The number of hydrogen-bond donors (Lipinski definition) is 3. The van der Waals surface area contributed by atoms with Crippen molar-refractivity contribution in [1.29, 1.82) is 0 Å². The molecule has 1 fully saturated rings. The van der Waals surface area contributed by atoms with Crippen LogP contribution in [-0.4, -0.2) is 61.7 Å². The predicted molar refractivity (Wildman–Crippen MR) is 132 cm³/mol. The van der Waals surface area contributed by atoms with E-state index in [-0.39, 0.29) is 18.0 Å². The third kappa shape index (κ3) is 6.38. The Morgan fingerprint density at radius 2 is 1.97 bits per heavy atom. The quantitative estimate of drug-likeness (QED) is 0.502. The van der Waals surface area contributed by atoms with Crippen LogP contribution in [0.1, 0.15) is 41.8 Å². The van der Waals surface area contributed by atoms with E-state index in [2.05, 4.69) is 25.8 Å². The molecule has 2 aliphatic rings. The first kappa shape index (κ1) is 24.3. The van der Waals surface area contributed by atoms with Gasteiger partial charge in [0.2, 0.25) is 5.91 Å². The Bertz CT molecular complexity index is 1010. The van der Waals surface area contributed by atoms with E-state index in [1.807, 2.05) is 18.2 Å². The van der Waals surface area contributed by atoms with E-state index in [9.17, 15) is 9.59 Å². The van der Waals surface area contributed by atoms with E-state index in [4.69, 9.17) is 9.47 Å².